The van der Waals surface area contributed by atoms with Crippen LogP contribution in [0.25, 0.3) is 11.1 Å². The first-order valence-electron chi connectivity index (χ1n) is 8.24. The molecule has 0 saturated heterocycles. The third-order valence-electron chi connectivity index (χ3n) is 4.58. The summed E-state index contributed by atoms with van der Waals surface area (Å²) in [7, 11) is 0. The standard InChI is InChI=1S/C19H19NO4/c21-16-8-13(12-5-6-17-18(10-12)24-11-23-17)7-14(9-16)19(22)20-15-3-1-2-4-15/h5-10,15,21H,1-4,11H2,(H,20,22). The van der Waals surface area contributed by atoms with Gasteiger partial charge < -0.3 is 19.9 Å². The molecular weight excluding hydrogens is 306 g/mol. The largest absolute Gasteiger partial charge is 0.508 e. The molecule has 124 valence electrons. The van der Waals surface area contributed by atoms with Gasteiger partial charge in [0, 0.05) is 11.6 Å². The highest BCUT2D eigenvalue weighted by molar-refractivity contribution is 5.96. The number of amides is 1. The Labute approximate surface area is 140 Å². The normalized spacial score (nSPS) is 16.3. The number of hydrogen-bond donors (Lipinski definition) is 2. The average Bonchev–Trinajstić information content (AvgIpc) is 3.24. The smallest absolute Gasteiger partial charge is 0.251 e. The maximum Gasteiger partial charge on any atom is 0.251 e. The second-order valence-electron chi connectivity index (χ2n) is 6.29. The van der Waals surface area contributed by atoms with E-state index in [1.54, 1.807) is 12.1 Å². The van der Waals surface area contributed by atoms with Crippen molar-refractivity contribution < 1.29 is 19.4 Å². The van der Waals surface area contributed by atoms with E-state index in [-0.39, 0.29) is 24.5 Å². The summed E-state index contributed by atoms with van der Waals surface area (Å²) in [6, 6.07) is 10.8. The van der Waals surface area contributed by atoms with Gasteiger partial charge in [0.2, 0.25) is 6.79 Å². The predicted molar refractivity (Wildman–Crippen MR) is 89.4 cm³/mol. The molecule has 0 bridgehead atoms. The lowest BCUT2D eigenvalue weighted by Gasteiger charge is -2.13. The Morgan fingerprint density at radius 2 is 1.79 bits per heavy atom. The number of rotatable bonds is 3. The summed E-state index contributed by atoms with van der Waals surface area (Å²) in [5.74, 6) is 1.31. The van der Waals surface area contributed by atoms with E-state index in [2.05, 4.69) is 5.32 Å². The lowest BCUT2D eigenvalue weighted by atomic mass is 10.0. The highest BCUT2D eigenvalue weighted by Crippen LogP contribution is 2.36. The Hall–Kier alpha value is -2.69. The minimum atomic E-state index is -0.139. The number of phenolic OH excluding ortho intramolecular Hbond substituents is 1. The molecule has 0 unspecified atom stereocenters. The van der Waals surface area contributed by atoms with Crippen LogP contribution in [0.15, 0.2) is 36.4 Å². The first-order valence-corrected chi connectivity index (χ1v) is 8.24. The number of phenols is 1. The summed E-state index contributed by atoms with van der Waals surface area (Å²) in [5, 5.41) is 13.1. The molecule has 2 aliphatic rings. The Balaban J connectivity index is 1.62. The van der Waals surface area contributed by atoms with Gasteiger partial charge in [-0.2, -0.15) is 0 Å². The molecule has 2 aromatic carbocycles. The molecule has 24 heavy (non-hydrogen) atoms. The predicted octanol–water partition coefficient (Wildman–Crippen LogP) is 3.46. The summed E-state index contributed by atoms with van der Waals surface area (Å²) >= 11 is 0. The topological polar surface area (TPSA) is 67.8 Å². The molecule has 2 N–H and O–H groups in total. The van der Waals surface area contributed by atoms with Crippen LogP contribution in [-0.4, -0.2) is 23.8 Å². The van der Waals surface area contributed by atoms with Crippen molar-refractivity contribution in [1.29, 1.82) is 0 Å². The molecular formula is C19H19NO4. The lowest BCUT2D eigenvalue weighted by Crippen LogP contribution is -2.32. The van der Waals surface area contributed by atoms with Gasteiger partial charge in [-0.05, 0) is 54.3 Å². The molecule has 0 aromatic heterocycles. The summed E-state index contributed by atoms with van der Waals surface area (Å²) in [6.45, 7) is 0.216. The first kappa shape index (κ1) is 14.9. The van der Waals surface area contributed by atoms with Gasteiger partial charge in [0.25, 0.3) is 5.91 Å². The van der Waals surface area contributed by atoms with Crippen LogP contribution in [0.4, 0.5) is 0 Å². The van der Waals surface area contributed by atoms with E-state index in [1.165, 1.54) is 6.07 Å². The average molecular weight is 325 g/mol. The first-order chi connectivity index (χ1) is 11.7. The van der Waals surface area contributed by atoms with Crippen molar-refractivity contribution in [2.45, 2.75) is 31.7 Å². The van der Waals surface area contributed by atoms with Crippen molar-refractivity contribution in [2.75, 3.05) is 6.79 Å². The molecule has 1 aliphatic carbocycles. The third-order valence-corrected chi connectivity index (χ3v) is 4.58. The molecule has 0 spiro atoms. The highest BCUT2D eigenvalue weighted by Gasteiger charge is 2.19. The number of benzene rings is 2. The van der Waals surface area contributed by atoms with Gasteiger partial charge in [-0.15, -0.1) is 0 Å². The van der Waals surface area contributed by atoms with Crippen LogP contribution in [0.3, 0.4) is 0 Å². The van der Waals surface area contributed by atoms with Crippen LogP contribution < -0.4 is 14.8 Å². The zero-order valence-corrected chi connectivity index (χ0v) is 13.2. The van der Waals surface area contributed by atoms with Crippen molar-refractivity contribution in [1.82, 2.24) is 5.32 Å². The number of carbonyl (C=O) groups is 1. The van der Waals surface area contributed by atoms with Gasteiger partial charge >= 0.3 is 0 Å². The third kappa shape index (κ3) is 2.89. The number of aromatic hydroxyl groups is 1. The summed E-state index contributed by atoms with van der Waals surface area (Å²) < 4.78 is 10.7. The van der Waals surface area contributed by atoms with Crippen LogP contribution in [0.1, 0.15) is 36.0 Å². The van der Waals surface area contributed by atoms with E-state index in [0.29, 0.717) is 17.1 Å². The molecule has 5 heteroatoms. The fraction of sp³-hybridized carbons (Fsp3) is 0.316. The number of nitrogens with one attached hydrogen (secondary N) is 1. The highest BCUT2D eigenvalue weighted by atomic mass is 16.7. The van der Waals surface area contributed by atoms with E-state index in [1.807, 2.05) is 18.2 Å². The van der Waals surface area contributed by atoms with E-state index in [9.17, 15) is 9.90 Å². The van der Waals surface area contributed by atoms with Crippen molar-refractivity contribution in [3.8, 4) is 28.4 Å². The zero-order chi connectivity index (χ0) is 16.5. The second-order valence-corrected chi connectivity index (χ2v) is 6.29. The molecule has 1 amide bonds. The fourth-order valence-corrected chi connectivity index (χ4v) is 3.32. The molecule has 0 atom stereocenters. The van der Waals surface area contributed by atoms with Crippen LogP contribution in [-0.2, 0) is 0 Å². The molecule has 1 saturated carbocycles. The second kappa shape index (κ2) is 6.07. The minimum Gasteiger partial charge on any atom is -0.508 e. The number of fused-ring (bicyclic) bond motifs is 1. The van der Waals surface area contributed by atoms with Crippen molar-refractivity contribution in [3.63, 3.8) is 0 Å². The Morgan fingerprint density at radius 1 is 1.00 bits per heavy atom. The van der Waals surface area contributed by atoms with Crippen LogP contribution in [0.5, 0.6) is 17.2 Å². The van der Waals surface area contributed by atoms with E-state index in [0.717, 1.165) is 36.8 Å². The SMILES string of the molecule is O=C(NC1CCCC1)c1cc(O)cc(-c2ccc3c(c2)OCO3)c1. The molecule has 4 rings (SSSR count). The van der Waals surface area contributed by atoms with E-state index in [4.69, 9.17) is 9.47 Å². The Morgan fingerprint density at radius 3 is 2.62 bits per heavy atom. The van der Waals surface area contributed by atoms with E-state index < -0.39 is 0 Å². The maximum absolute atomic E-state index is 12.5. The maximum atomic E-state index is 12.5. The van der Waals surface area contributed by atoms with Crippen molar-refractivity contribution in [2.24, 2.45) is 0 Å². The van der Waals surface area contributed by atoms with Crippen LogP contribution >= 0.6 is 0 Å². The quantitative estimate of drug-likeness (QED) is 0.907. The Kier molecular flexibility index (Phi) is 3.76. The fourth-order valence-electron chi connectivity index (χ4n) is 3.32. The van der Waals surface area contributed by atoms with Gasteiger partial charge in [-0.1, -0.05) is 18.9 Å². The number of carbonyl (C=O) groups excluding carboxylic acids is 1. The van der Waals surface area contributed by atoms with Crippen molar-refractivity contribution >= 4 is 5.91 Å². The summed E-state index contributed by atoms with van der Waals surface area (Å²) in [4.78, 5) is 12.5. The van der Waals surface area contributed by atoms with Gasteiger partial charge in [0.15, 0.2) is 11.5 Å². The van der Waals surface area contributed by atoms with Crippen LogP contribution in [0.2, 0.25) is 0 Å². The summed E-state index contributed by atoms with van der Waals surface area (Å²) in [6.07, 6.45) is 4.38. The summed E-state index contributed by atoms with van der Waals surface area (Å²) in [5.41, 5.74) is 2.10. The molecule has 5 nitrogen and oxygen atoms in total. The number of ether oxygens (including phenoxy) is 2. The Bertz CT molecular complexity index is 781. The molecule has 1 heterocycles. The van der Waals surface area contributed by atoms with E-state index >= 15 is 0 Å². The van der Waals surface area contributed by atoms with Gasteiger partial charge in [0.1, 0.15) is 5.75 Å². The van der Waals surface area contributed by atoms with Gasteiger partial charge in [-0.3, -0.25) is 4.79 Å². The zero-order valence-electron chi connectivity index (χ0n) is 13.2. The monoisotopic (exact) mass is 325 g/mol. The number of hydrogen-bond acceptors (Lipinski definition) is 4. The lowest BCUT2D eigenvalue weighted by molar-refractivity contribution is 0.0937. The minimum absolute atomic E-state index is 0.0711. The van der Waals surface area contributed by atoms with Gasteiger partial charge in [0.05, 0.1) is 0 Å². The van der Waals surface area contributed by atoms with Crippen molar-refractivity contribution in [3.05, 3.63) is 42.0 Å². The molecule has 2 aromatic rings. The molecule has 0 radical (unpaired) electrons. The molecule has 1 fully saturated rings. The van der Waals surface area contributed by atoms with Gasteiger partial charge in [-0.25, -0.2) is 0 Å². The molecule has 1 aliphatic heterocycles. The van der Waals surface area contributed by atoms with Crippen LogP contribution in [0, 0.1) is 0 Å².